The van der Waals surface area contributed by atoms with E-state index in [-0.39, 0.29) is 41.6 Å². The van der Waals surface area contributed by atoms with Crippen LogP contribution in [0.2, 0.25) is 0 Å². The van der Waals surface area contributed by atoms with Crippen LogP contribution in [-0.2, 0) is 19.0 Å². The molecule has 27 heavy (non-hydrogen) atoms. The number of nitrogens with zero attached hydrogens (tertiary/aromatic N) is 3. The zero-order valence-corrected chi connectivity index (χ0v) is 18.8. The largest absolute Gasteiger partial charge is 0.381 e. The molecule has 0 aromatic carbocycles. The van der Waals surface area contributed by atoms with Crippen LogP contribution in [0.15, 0.2) is 4.99 Å². The lowest BCUT2D eigenvalue weighted by Crippen LogP contribution is -2.57. The van der Waals surface area contributed by atoms with Crippen molar-refractivity contribution in [3.63, 3.8) is 0 Å². The van der Waals surface area contributed by atoms with Crippen LogP contribution in [0.3, 0.4) is 0 Å². The van der Waals surface area contributed by atoms with Crippen molar-refractivity contribution in [1.82, 2.24) is 15.1 Å². The predicted octanol–water partition coefficient (Wildman–Crippen LogP) is 0.699. The number of carbonyl (C=O) groups is 1. The topological polar surface area (TPSA) is 75.6 Å². The number of hydrogen-bond acceptors (Lipinski definition) is 5. The molecule has 9 heteroatoms. The van der Waals surface area contributed by atoms with Gasteiger partial charge in [-0.15, -0.1) is 24.0 Å². The molecule has 1 amide bonds. The molecule has 0 saturated carbocycles. The summed E-state index contributed by atoms with van der Waals surface area (Å²) in [7, 11) is 3.57. The maximum absolute atomic E-state index is 12.5. The third-order valence-electron chi connectivity index (χ3n) is 5.71. The number of piperazine rings is 1. The third kappa shape index (κ3) is 5.68. The molecular weight excluding hydrogens is 463 g/mol. The zero-order chi connectivity index (χ0) is 18.4. The fourth-order valence-electron chi connectivity index (χ4n) is 3.88. The van der Waals surface area contributed by atoms with Crippen LogP contribution >= 0.6 is 24.0 Å². The van der Waals surface area contributed by atoms with Crippen LogP contribution in [0, 0.1) is 0 Å². The average Bonchev–Trinajstić information content (AvgIpc) is 3.24. The van der Waals surface area contributed by atoms with Crippen LogP contribution in [0.1, 0.15) is 25.7 Å². The Kier molecular flexibility index (Phi) is 9.03. The molecule has 8 nitrogen and oxygen atoms in total. The first-order valence-corrected chi connectivity index (χ1v) is 9.66. The highest BCUT2D eigenvalue weighted by atomic mass is 127. The van der Waals surface area contributed by atoms with E-state index in [1.165, 1.54) is 0 Å². The van der Waals surface area contributed by atoms with Gasteiger partial charge in [-0.1, -0.05) is 0 Å². The molecule has 0 aliphatic carbocycles. The van der Waals surface area contributed by atoms with Crippen molar-refractivity contribution >= 4 is 35.8 Å². The smallest absolute Gasteiger partial charge is 0.251 e. The number of carbonyl (C=O) groups excluding carboxylic acids is 1. The quantitative estimate of drug-likeness (QED) is 0.351. The summed E-state index contributed by atoms with van der Waals surface area (Å²) in [5, 5.41) is 3.47. The summed E-state index contributed by atoms with van der Waals surface area (Å²) in [6.07, 6.45) is 3.38. The Morgan fingerprint density at radius 2 is 1.85 bits per heavy atom. The highest BCUT2D eigenvalue weighted by molar-refractivity contribution is 14.0. The minimum Gasteiger partial charge on any atom is -0.381 e. The molecule has 156 valence electrons. The number of hydrogen-bond donors (Lipinski definition) is 1. The summed E-state index contributed by atoms with van der Waals surface area (Å²) in [6.45, 7) is 5.87. The molecule has 3 aliphatic heterocycles. The standard InChI is InChI=1S/C18H32N4O4.HI/c1-19-17(20-14-18(24-2)5-12-25-13-6-18)22-9-7-21(8-10-22)16(23)15-4-3-11-26-15;/h15H,3-14H2,1-2H3,(H,19,20);1H. The molecule has 1 atom stereocenters. The number of aliphatic imine (C=N–C) groups is 1. The molecule has 1 N–H and O–H groups in total. The second kappa shape index (κ2) is 10.8. The van der Waals surface area contributed by atoms with E-state index in [9.17, 15) is 4.79 Å². The van der Waals surface area contributed by atoms with Gasteiger partial charge >= 0.3 is 0 Å². The molecule has 0 bridgehead atoms. The Morgan fingerprint density at radius 1 is 1.19 bits per heavy atom. The number of rotatable bonds is 4. The molecule has 3 rings (SSSR count). The number of nitrogens with one attached hydrogen (secondary N) is 1. The number of halogens is 1. The van der Waals surface area contributed by atoms with E-state index in [0.717, 1.165) is 57.9 Å². The minimum atomic E-state index is -0.228. The SMILES string of the molecule is CN=C(NCC1(OC)CCOCC1)N1CCN(C(=O)C2CCCO2)CC1.I. The van der Waals surface area contributed by atoms with Crippen LogP contribution < -0.4 is 5.32 Å². The van der Waals surface area contributed by atoms with Crippen LogP contribution in [-0.4, -0.2) is 100 Å². The van der Waals surface area contributed by atoms with Crippen molar-refractivity contribution in [1.29, 1.82) is 0 Å². The van der Waals surface area contributed by atoms with Gasteiger partial charge in [-0.05, 0) is 12.8 Å². The fraction of sp³-hybridized carbons (Fsp3) is 0.889. The summed E-state index contributed by atoms with van der Waals surface area (Å²) >= 11 is 0. The van der Waals surface area contributed by atoms with Crippen LogP contribution in [0.5, 0.6) is 0 Å². The number of amides is 1. The summed E-state index contributed by atoms with van der Waals surface area (Å²) < 4.78 is 16.8. The zero-order valence-electron chi connectivity index (χ0n) is 16.4. The molecule has 3 aliphatic rings. The van der Waals surface area contributed by atoms with E-state index < -0.39 is 0 Å². The molecule has 1 unspecified atom stereocenters. The van der Waals surface area contributed by atoms with Crippen LogP contribution in [0.25, 0.3) is 0 Å². The van der Waals surface area contributed by atoms with E-state index in [1.807, 2.05) is 4.90 Å². The minimum absolute atomic E-state index is 0. The first-order valence-electron chi connectivity index (χ1n) is 9.66. The average molecular weight is 496 g/mol. The maximum atomic E-state index is 12.5. The molecule has 0 radical (unpaired) electrons. The van der Waals surface area contributed by atoms with Gasteiger partial charge in [0, 0.05) is 79.5 Å². The third-order valence-corrected chi connectivity index (χ3v) is 5.71. The first-order chi connectivity index (χ1) is 12.7. The molecule has 3 saturated heterocycles. The Morgan fingerprint density at radius 3 is 2.41 bits per heavy atom. The molecule has 0 aromatic heterocycles. The molecule has 0 spiro atoms. The lowest BCUT2D eigenvalue weighted by atomic mass is 9.94. The fourth-order valence-corrected chi connectivity index (χ4v) is 3.88. The Bertz CT molecular complexity index is 500. The number of ether oxygens (including phenoxy) is 3. The first kappa shape index (κ1) is 22.6. The molecule has 3 heterocycles. The molecule has 0 aromatic rings. The number of methoxy groups -OCH3 is 1. The van der Waals surface area contributed by atoms with Gasteiger partial charge in [-0.3, -0.25) is 9.79 Å². The Labute approximate surface area is 179 Å². The van der Waals surface area contributed by atoms with Gasteiger partial charge in [-0.25, -0.2) is 0 Å². The highest BCUT2D eigenvalue weighted by Gasteiger charge is 2.34. The predicted molar refractivity (Wildman–Crippen MR) is 114 cm³/mol. The van der Waals surface area contributed by atoms with Gasteiger partial charge in [0.05, 0.1) is 5.60 Å². The van der Waals surface area contributed by atoms with Crippen molar-refractivity contribution in [3.8, 4) is 0 Å². The Balaban J connectivity index is 0.00000261. The van der Waals surface area contributed by atoms with Gasteiger partial charge in [0.1, 0.15) is 6.10 Å². The summed E-state index contributed by atoms with van der Waals surface area (Å²) in [5.74, 6) is 1.02. The van der Waals surface area contributed by atoms with Crippen molar-refractivity contribution in [2.45, 2.75) is 37.4 Å². The van der Waals surface area contributed by atoms with Crippen molar-refractivity contribution in [2.24, 2.45) is 4.99 Å². The van der Waals surface area contributed by atoms with Gasteiger partial charge in [-0.2, -0.15) is 0 Å². The monoisotopic (exact) mass is 496 g/mol. The summed E-state index contributed by atoms with van der Waals surface area (Å²) in [5.41, 5.74) is -0.189. The van der Waals surface area contributed by atoms with Gasteiger partial charge in [0.25, 0.3) is 5.91 Å². The molecular formula is C18H33IN4O4. The summed E-state index contributed by atoms with van der Waals surface area (Å²) in [4.78, 5) is 21.0. The molecule has 3 fully saturated rings. The van der Waals surface area contributed by atoms with Crippen molar-refractivity contribution in [3.05, 3.63) is 0 Å². The van der Waals surface area contributed by atoms with E-state index in [0.29, 0.717) is 26.2 Å². The second-order valence-electron chi connectivity index (χ2n) is 7.21. The van der Waals surface area contributed by atoms with Crippen molar-refractivity contribution in [2.75, 3.05) is 66.7 Å². The summed E-state index contributed by atoms with van der Waals surface area (Å²) in [6, 6.07) is 0. The van der Waals surface area contributed by atoms with E-state index in [4.69, 9.17) is 14.2 Å². The highest BCUT2D eigenvalue weighted by Crippen LogP contribution is 2.23. The van der Waals surface area contributed by atoms with Gasteiger partial charge in [0.2, 0.25) is 0 Å². The van der Waals surface area contributed by atoms with E-state index >= 15 is 0 Å². The van der Waals surface area contributed by atoms with Crippen molar-refractivity contribution < 1.29 is 19.0 Å². The van der Waals surface area contributed by atoms with Gasteiger partial charge in [0.15, 0.2) is 5.96 Å². The lowest BCUT2D eigenvalue weighted by Gasteiger charge is -2.40. The van der Waals surface area contributed by atoms with E-state index in [1.54, 1.807) is 14.2 Å². The second-order valence-corrected chi connectivity index (χ2v) is 7.21. The van der Waals surface area contributed by atoms with Crippen LogP contribution in [0.4, 0.5) is 0 Å². The normalized spacial score (nSPS) is 25.9. The van der Waals surface area contributed by atoms with E-state index in [2.05, 4.69) is 15.2 Å². The lowest BCUT2D eigenvalue weighted by molar-refractivity contribution is -0.142. The van der Waals surface area contributed by atoms with Gasteiger partial charge < -0.3 is 29.3 Å². The Hall–Kier alpha value is -0.650. The number of guanidine groups is 1. The maximum Gasteiger partial charge on any atom is 0.251 e.